The first kappa shape index (κ1) is 14.4. The van der Waals surface area contributed by atoms with Crippen molar-refractivity contribution in [2.45, 2.75) is 38.1 Å². The number of rotatable bonds is 6. The highest BCUT2D eigenvalue weighted by Crippen LogP contribution is 2.40. The van der Waals surface area contributed by atoms with Gasteiger partial charge in [-0.2, -0.15) is 0 Å². The summed E-state index contributed by atoms with van der Waals surface area (Å²) < 4.78 is 2.16. The molecule has 0 saturated heterocycles. The van der Waals surface area contributed by atoms with Gasteiger partial charge in [-0.1, -0.05) is 6.07 Å². The number of aryl methyl sites for hydroxylation is 1. The van der Waals surface area contributed by atoms with E-state index < -0.39 is 0 Å². The van der Waals surface area contributed by atoms with Crippen LogP contribution in [0.1, 0.15) is 37.2 Å². The maximum absolute atomic E-state index is 8.90. The molecule has 0 radical (unpaired) electrons. The van der Waals surface area contributed by atoms with Crippen LogP contribution in [0.25, 0.3) is 22.3 Å². The Bertz CT molecular complexity index is 820. The number of aliphatic hydroxyl groups excluding tert-OH is 1. The van der Waals surface area contributed by atoms with E-state index in [1.807, 2.05) is 12.5 Å². The number of benzene rings is 1. The number of unbranched alkanes of at least 4 members (excludes halogenated alkanes) is 1. The summed E-state index contributed by atoms with van der Waals surface area (Å²) in [6, 6.07) is 10.7. The van der Waals surface area contributed by atoms with Crippen LogP contribution in [-0.2, 0) is 6.54 Å². The highest BCUT2D eigenvalue weighted by Gasteiger charge is 2.23. The fraction of sp³-hybridized carbons (Fsp3) is 0.368. The number of pyridine rings is 1. The van der Waals surface area contributed by atoms with Crippen molar-refractivity contribution >= 4 is 11.0 Å². The molecule has 2 heterocycles. The molecule has 4 heteroatoms. The Hall–Kier alpha value is -2.20. The van der Waals surface area contributed by atoms with E-state index in [2.05, 4.69) is 44.9 Å². The van der Waals surface area contributed by atoms with Gasteiger partial charge in [0.15, 0.2) is 0 Å². The maximum atomic E-state index is 8.90. The number of aliphatic hydroxyl groups is 1. The number of fused-ring (bicyclic) bond motifs is 1. The average molecular weight is 307 g/mol. The lowest BCUT2D eigenvalue weighted by atomic mass is 10.1. The summed E-state index contributed by atoms with van der Waals surface area (Å²) in [5.74, 6) is 0.742. The van der Waals surface area contributed by atoms with Gasteiger partial charge in [0.25, 0.3) is 0 Å². The second kappa shape index (κ2) is 6.13. The van der Waals surface area contributed by atoms with Crippen molar-refractivity contribution in [2.24, 2.45) is 0 Å². The van der Waals surface area contributed by atoms with E-state index in [-0.39, 0.29) is 6.61 Å². The highest BCUT2D eigenvalue weighted by atomic mass is 16.2. The van der Waals surface area contributed by atoms with Gasteiger partial charge in [-0.05, 0) is 61.4 Å². The van der Waals surface area contributed by atoms with E-state index in [0.717, 1.165) is 47.6 Å². The standard InChI is InChI=1S/C19H21N3O/c23-10-2-1-9-22-13-21-18-12-16(5-6-19(18)22)17-11-15(7-8-20-17)14-3-4-14/h5-8,11-14,23H,1-4,9-10H2. The highest BCUT2D eigenvalue weighted by molar-refractivity contribution is 5.81. The number of imidazole rings is 1. The van der Waals surface area contributed by atoms with E-state index in [9.17, 15) is 0 Å². The van der Waals surface area contributed by atoms with Gasteiger partial charge in [-0.15, -0.1) is 0 Å². The third-order valence-electron chi connectivity index (χ3n) is 4.56. The Morgan fingerprint density at radius 3 is 2.83 bits per heavy atom. The van der Waals surface area contributed by atoms with E-state index in [0.29, 0.717) is 0 Å². The number of aromatic nitrogens is 3. The minimum atomic E-state index is 0.250. The molecule has 0 spiro atoms. The summed E-state index contributed by atoms with van der Waals surface area (Å²) >= 11 is 0. The first-order chi connectivity index (χ1) is 11.3. The van der Waals surface area contributed by atoms with Crippen LogP contribution in [0, 0.1) is 0 Å². The molecule has 1 N–H and O–H groups in total. The van der Waals surface area contributed by atoms with E-state index in [4.69, 9.17) is 5.11 Å². The molecule has 0 atom stereocenters. The minimum Gasteiger partial charge on any atom is -0.396 e. The fourth-order valence-corrected chi connectivity index (χ4v) is 3.07. The molecule has 4 nitrogen and oxygen atoms in total. The summed E-state index contributed by atoms with van der Waals surface area (Å²) in [5.41, 5.74) is 5.71. The molecule has 1 saturated carbocycles. The molecule has 1 fully saturated rings. The molecule has 23 heavy (non-hydrogen) atoms. The van der Waals surface area contributed by atoms with E-state index in [1.54, 1.807) is 0 Å². The number of hydrogen-bond donors (Lipinski definition) is 1. The van der Waals surface area contributed by atoms with Gasteiger partial charge in [0.05, 0.1) is 23.1 Å². The van der Waals surface area contributed by atoms with Crippen LogP contribution >= 0.6 is 0 Å². The predicted octanol–water partition coefficient (Wildman–Crippen LogP) is 3.75. The third-order valence-corrected chi connectivity index (χ3v) is 4.56. The van der Waals surface area contributed by atoms with Crippen molar-refractivity contribution in [1.82, 2.24) is 14.5 Å². The van der Waals surface area contributed by atoms with Crippen LogP contribution < -0.4 is 0 Å². The Kier molecular flexibility index (Phi) is 3.83. The lowest BCUT2D eigenvalue weighted by Crippen LogP contribution is -1.97. The summed E-state index contributed by atoms with van der Waals surface area (Å²) in [6.45, 7) is 1.14. The summed E-state index contributed by atoms with van der Waals surface area (Å²) in [6.07, 6.45) is 8.21. The van der Waals surface area contributed by atoms with Crippen LogP contribution in [0.2, 0.25) is 0 Å². The van der Waals surface area contributed by atoms with Crippen LogP contribution in [0.4, 0.5) is 0 Å². The van der Waals surface area contributed by atoms with Gasteiger partial charge in [-0.3, -0.25) is 4.98 Å². The first-order valence-corrected chi connectivity index (χ1v) is 8.37. The zero-order valence-electron chi connectivity index (χ0n) is 13.2. The Morgan fingerprint density at radius 2 is 2.00 bits per heavy atom. The summed E-state index contributed by atoms with van der Waals surface area (Å²) in [4.78, 5) is 9.06. The van der Waals surface area contributed by atoms with Crippen molar-refractivity contribution in [2.75, 3.05) is 6.61 Å². The largest absolute Gasteiger partial charge is 0.396 e. The zero-order chi connectivity index (χ0) is 15.6. The molecule has 118 valence electrons. The molecule has 4 rings (SSSR count). The van der Waals surface area contributed by atoms with Gasteiger partial charge in [0.2, 0.25) is 0 Å². The normalized spacial score (nSPS) is 14.5. The quantitative estimate of drug-likeness (QED) is 0.706. The lowest BCUT2D eigenvalue weighted by molar-refractivity contribution is 0.281. The maximum Gasteiger partial charge on any atom is 0.0958 e. The first-order valence-electron chi connectivity index (χ1n) is 8.37. The molecule has 0 amide bonds. The van der Waals surface area contributed by atoms with Crippen LogP contribution in [0.3, 0.4) is 0 Å². The second-order valence-corrected chi connectivity index (χ2v) is 6.32. The second-order valence-electron chi connectivity index (χ2n) is 6.32. The van der Waals surface area contributed by atoms with E-state index in [1.165, 1.54) is 18.4 Å². The molecule has 1 aromatic carbocycles. The summed E-state index contributed by atoms with van der Waals surface area (Å²) in [7, 11) is 0. The van der Waals surface area contributed by atoms with E-state index >= 15 is 0 Å². The molecule has 1 aliphatic carbocycles. The van der Waals surface area contributed by atoms with Crippen LogP contribution in [-0.4, -0.2) is 26.2 Å². The van der Waals surface area contributed by atoms with Gasteiger partial charge in [0, 0.05) is 24.9 Å². The van der Waals surface area contributed by atoms with Crippen molar-refractivity contribution in [1.29, 1.82) is 0 Å². The number of nitrogens with zero attached hydrogens (tertiary/aromatic N) is 3. The molecule has 0 bridgehead atoms. The smallest absolute Gasteiger partial charge is 0.0958 e. The van der Waals surface area contributed by atoms with Gasteiger partial charge in [0.1, 0.15) is 0 Å². The molecule has 1 aliphatic rings. The average Bonchev–Trinajstić information content (AvgIpc) is 3.37. The lowest BCUT2D eigenvalue weighted by Gasteiger charge is -2.06. The van der Waals surface area contributed by atoms with Crippen molar-refractivity contribution in [3.8, 4) is 11.3 Å². The minimum absolute atomic E-state index is 0.250. The van der Waals surface area contributed by atoms with Crippen LogP contribution in [0.15, 0.2) is 42.9 Å². The van der Waals surface area contributed by atoms with Crippen molar-refractivity contribution in [3.63, 3.8) is 0 Å². The topological polar surface area (TPSA) is 50.9 Å². The molecule has 2 aromatic heterocycles. The Balaban J connectivity index is 1.62. The molecular formula is C19H21N3O. The fourth-order valence-electron chi connectivity index (χ4n) is 3.07. The van der Waals surface area contributed by atoms with Gasteiger partial charge in [-0.25, -0.2) is 4.98 Å². The van der Waals surface area contributed by atoms with Crippen LogP contribution in [0.5, 0.6) is 0 Å². The summed E-state index contributed by atoms with van der Waals surface area (Å²) in [5, 5.41) is 8.90. The third kappa shape index (κ3) is 2.99. The van der Waals surface area contributed by atoms with Gasteiger partial charge >= 0.3 is 0 Å². The molecule has 0 aliphatic heterocycles. The molecule has 3 aromatic rings. The predicted molar refractivity (Wildman–Crippen MR) is 91.3 cm³/mol. The Morgan fingerprint density at radius 1 is 1.09 bits per heavy atom. The Labute approximate surface area is 135 Å². The number of hydrogen-bond acceptors (Lipinski definition) is 3. The molecular weight excluding hydrogens is 286 g/mol. The van der Waals surface area contributed by atoms with Crippen molar-refractivity contribution in [3.05, 3.63) is 48.4 Å². The molecule has 0 unspecified atom stereocenters. The monoisotopic (exact) mass is 307 g/mol. The van der Waals surface area contributed by atoms with Gasteiger partial charge < -0.3 is 9.67 Å². The van der Waals surface area contributed by atoms with Crippen molar-refractivity contribution < 1.29 is 5.11 Å². The zero-order valence-corrected chi connectivity index (χ0v) is 13.2. The SMILES string of the molecule is OCCCCn1cnc2cc(-c3cc(C4CC4)ccn3)ccc21.